The fourth-order valence-corrected chi connectivity index (χ4v) is 2.00. The van der Waals surface area contributed by atoms with Crippen LogP contribution in [0.4, 0.5) is 0 Å². The van der Waals surface area contributed by atoms with Crippen LogP contribution in [0.15, 0.2) is 49.6 Å². The maximum Gasteiger partial charge on any atom is 0.339 e. The summed E-state index contributed by atoms with van der Waals surface area (Å²) in [5.74, 6) is -3.19. The van der Waals surface area contributed by atoms with Crippen LogP contribution in [0.2, 0.25) is 0 Å². The number of hydrogen-bond acceptors (Lipinski definition) is 9. The molecule has 0 fully saturated rings. The van der Waals surface area contributed by atoms with Crippen molar-refractivity contribution in [1.82, 2.24) is 0 Å². The summed E-state index contributed by atoms with van der Waals surface area (Å²) >= 11 is 0. The van der Waals surface area contributed by atoms with Gasteiger partial charge in [0.15, 0.2) is 0 Å². The second-order valence-electron chi connectivity index (χ2n) is 6.17. The van der Waals surface area contributed by atoms with E-state index < -0.39 is 36.6 Å². The highest BCUT2D eigenvalue weighted by Gasteiger charge is 2.21. The minimum atomic E-state index is -1.24. The SMILES string of the molecule is C=CC(=O)OCC(C)COC(=O)c1ccccc1C(=O)OCC(O)COC(=O)C=C. The van der Waals surface area contributed by atoms with E-state index in [0.717, 1.165) is 12.2 Å². The van der Waals surface area contributed by atoms with Crippen LogP contribution >= 0.6 is 0 Å². The summed E-state index contributed by atoms with van der Waals surface area (Å²) in [7, 11) is 0. The molecule has 162 valence electrons. The van der Waals surface area contributed by atoms with Gasteiger partial charge in [-0.15, -0.1) is 0 Å². The first kappa shape index (κ1) is 24.6. The van der Waals surface area contributed by atoms with Gasteiger partial charge in [0.25, 0.3) is 0 Å². The van der Waals surface area contributed by atoms with Crippen LogP contribution in [0, 0.1) is 5.92 Å². The average Bonchev–Trinajstić information content (AvgIpc) is 2.77. The predicted molar refractivity (Wildman–Crippen MR) is 104 cm³/mol. The molecule has 0 aliphatic rings. The second-order valence-corrected chi connectivity index (χ2v) is 6.17. The summed E-state index contributed by atoms with van der Waals surface area (Å²) in [5, 5.41) is 9.70. The van der Waals surface area contributed by atoms with E-state index >= 15 is 0 Å². The van der Waals surface area contributed by atoms with Crippen molar-refractivity contribution in [2.45, 2.75) is 13.0 Å². The molecule has 2 atom stereocenters. The summed E-state index contributed by atoms with van der Waals surface area (Å²) in [5.41, 5.74) is -0.0751. The van der Waals surface area contributed by atoms with Crippen LogP contribution in [0.5, 0.6) is 0 Å². The lowest BCUT2D eigenvalue weighted by atomic mass is 10.1. The largest absolute Gasteiger partial charge is 0.462 e. The van der Waals surface area contributed by atoms with Crippen molar-refractivity contribution in [2.75, 3.05) is 26.4 Å². The number of rotatable bonds is 12. The topological polar surface area (TPSA) is 125 Å². The predicted octanol–water partition coefficient (Wildman–Crippen LogP) is 1.46. The summed E-state index contributed by atoms with van der Waals surface area (Å²) in [4.78, 5) is 46.6. The van der Waals surface area contributed by atoms with Crippen molar-refractivity contribution in [1.29, 1.82) is 0 Å². The van der Waals surface area contributed by atoms with Gasteiger partial charge in [-0.05, 0) is 12.1 Å². The van der Waals surface area contributed by atoms with E-state index in [1.54, 1.807) is 13.0 Å². The van der Waals surface area contributed by atoms with Gasteiger partial charge in [-0.2, -0.15) is 0 Å². The van der Waals surface area contributed by atoms with Crippen molar-refractivity contribution in [3.63, 3.8) is 0 Å². The lowest BCUT2D eigenvalue weighted by Crippen LogP contribution is -2.25. The molecule has 1 N–H and O–H groups in total. The second kappa shape index (κ2) is 12.9. The van der Waals surface area contributed by atoms with Gasteiger partial charge >= 0.3 is 23.9 Å². The molecule has 0 amide bonds. The zero-order chi connectivity index (χ0) is 22.5. The van der Waals surface area contributed by atoms with Crippen LogP contribution in [-0.4, -0.2) is 61.5 Å². The molecule has 0 bridgehead atoms. The van der Waals surface area contributed by atoms with Crippen molar-refractivity contribution in [3.8, 4) is 0 Å². The third kappa shape index (κ3) is 8.70. The number of hydrogen-bond donors (Lipinski definition) is 1. The molecule has 0 aliphatic carbocycles. The van der Waals surface area contributed by atoms with Crippen LogP contribution in [0.25, 0.3) is 0 Å². The van der Waals surface area contributed by atoms with Gasteiger partial charge in [0.2, 0.25) is 0 Å². The standard InChI is InChI=1S/C21H24O9/c1-4-18(23)27-10-14(3)11-29-20(25)16-8-6-7-9-17(16)21(26)30-13-15(22)12-28-19(24)5-2/h4-9,14-15,22H,1-2,10-13H2,3H3. The van der Waals surface area contributed by atoms with Crippen molar-refractivity contribution in [3.05, 3.63) is 60.7 Å². The molecule has 0 aromatic heterocycles. The molecule has 9 nitrogen and oxygen atoms in total. The third-order valence-corrected chi connectivity index (χ3v) is 3.53. The van der Waals surface area contributed by atoms with Gasteiger partial charge in [-0.1, -0.05) is 32.2 Å². The van der Waals surface area contributed by atoms with E-state index in [9.17, 15) is 24.3 Å². The zero-order valence-corrected chi connectivity index (χ0v) is 16.6. The Morgan fingerprint density at radius 2 is 1.23 bits per heavy atom. The first-order chi connectivity index (χ1) is 14.3. The highest BCUT2D eigenvalue weighted by atomic mass is 16.6. The average molecular weight is 420 g/mol. The fourth-order valence-electron chi connectivity index (χ4n) is 2.00. The molecule has 0 saturated carbocycles. The summed E-state index contributed by atoms with van der Waals surface area (Å²) in [6.07, 6.45) is 0.724. The van der Waals surface area contributed by atoms with E-state index in [1.165, 1.54) is 18.2 Å². The Morgan fingerprint density at radius 3 is 1.73 bits per heavy atom. The molecule has 1 rings (SSSR count). The Bertz CT molecular complexity index is 719. The van der Waals surface area contributed by atoms with E-state index in [4.69, 9.17) is 14.2 Å². The van der Waals surface area contributed by atoms with E-state index in [0.29, 0.717) is 0 Å². The number of carbonyl (C=O) groups excluding carboxylic acids is 4. The molecule has 1 aromatic rings. The first-order valence-electron chi connectivity index (χ1n) is 8.98. The number of carbonyl (C=O) groups is 4. The fraction of sp³-hybridized carbons (Fsp3) is 0.333. The maximum atomic E-state index is 12.3. The Kier molecular flexibility index (Phi) is 10.6. The molecule has 0 saturated heterocycles. The Hall–Kier alpha value is -3.46. The van der Waals surface area contributed by atoms with E-state index in [1.807, 2.05) is 0 Å². The molecule has 2 unspecified atom stereocenters. The number of esters is 4. The molecular formula is C21H24O9. The Labute approximate surface area is 173 Å². The first-order valence-corrected chi connectivity index (χ1v) is 8.98. The lowest BCUT2D eigenvalue weighted by molar-refractivity contribution is -0.141. The molecule has 0 aliphatic heterocycles. The smallest absolute Gasteiger partial charge is 0.339 e. The van der Waals surface area contributed by atoms with E-state index in [-0.39, 0.29) is 36.9 Å². The van der Waals surface area contributed by atoms with Crippen molar-refractivity contribution < 1.29 is 43.2 Å². The van der Waals surface area contributed by atoms with E-state index in [2.05, 4.69) is 17.9 Å². The minimum Gasteiger partial charge on any atom is -0.462 e. The molecule has 0 spiro atoms. The van der Waals surface area contributed by atoms with Crippen molar-refractivity contribution in [2.24, 2.45) is 5.92 Å². The van der Waals surface area contributed by atoms with Gasteiger partial charge < -0.3 is 24.1 Å². The third-order valence-electron chi connectivity index (χ3n) is 3.53. The normalized spacial score (nSPS) is 12.1. The van der Waals surface area contributed by atoms with Gasteiger partial charge in [0, 0.05) is 18.1 Å². The van der Waals surface area contributed by atoms with Crippen LogP contribution in [0.3, 0.4) is 0 Å². The molecule has 1 aromatic carbocycles. The van der Waals surface area contributed by atoms with Crippen LogP contribution < -0.4 is 0 Å². The summed E-state index contributed by atoms with van der Waals surface area (Å²) in [6.45, 7) is 7.38. The Morgan fingerprint density at radius 1 is 0.833 bits per heavy atom. The number of aliphatic hydroxyl groups excluding tert-OH is 1. The molecular weight excluding hydrogens is 396 g/mol. The number of ether oxygens (including phenoxy) is 4. The van der Waals surface area contributed by atoms with Gasteiger partial charge in [-0.3, -0.25) is 0 Å². The number of aliphatic hydroxyl groups is 1. The van der Waals surface area contributed by atoms with Gasteiger partial charge in [0.05, 0.1) is 24.3 Å². The molecule has 30 heavy (non-hydrogen) atoms. The molecule has 9 heteroatoms. The highest BCUT2D eigenvalue weighted by molar-refractivity contribution is 6.03. The maximum absolute atomic E-state index is 12.3. The van der Waals surface area contributed by atoms with Crippen LogP contribution in [-0.2, 0) is 28.5 Å². The van der Waals surface area contributed by atoms with Crippen LogP contribution in [0.1, 0.15) is 27.6 Å². The van der Waals surface area contributed by atoms with Crippen molar-refractivity contribution >= 4 is 23.9 Å². The minimum absolute atomic E-state index is 0.0228. The van der Waals surface area contributed by atoms with Gasteiger partial charge in [-0.25, -0.2) is 19.2 Å². The van der Waals surface area contributed by atoms with Gasteiger partial charge in [0.1, 0.15) is 19.3 Å². The monoisotopic (exact) mass is 420 g/mol. The summed E-state index contributed by atoms with van der Waals surface area (Å²) in [6, 6.07) is 5.85. The molecule has 0 radical (unpaired) electrons. The quantitative estimate of drug-likeness (QED) is 0.304. The zero-order valence-electron chi connectivity index (χ0n) is 16.6. The highest BCUT2D eigenvalue weighted by Crippen LogP contribution is 2.13. The summed E-state index contributed by atoms with van der Waals surface area (Å²) < 4.78 is 19.6. The number of benzene rings is 1. The lowest BCUT2D eigenvalue weighted by Gasteiger charge is -2.14. The molecule has 0 heterocycles. The Balaban J connectivity index is 2.61.